The van der Waals surface area contributed by atoms with E-state index in [4.69, 9.17) is 5.73 Å². The summed E-state index contributed by atoms with van der Waals surface area (Å²) in [4.78, 5) is 26.2. The van der Waals surface area contributed by atoms with Crippen molar-refractivity contribution in [2.45, 2.75) is 19.9 Å². The van der Waals surface area contributed by atoms with Crippen molar-refractivity contribution in [3.63, 3.8) is 0 Å². The molecule has 0 bridgehead atoms. The van der Waals surface area contributed by atoms with Gasteiger partial charge in [0, 0.05) is 13.1 Å². The monoisotopic (exact) mass is 198 g/mol. The first kappa shape index (κ1) is 10.0. The van der Waals surface area contributed by atoms with Crippen LogP contribution in [0.4, 0.5) is 0 Å². The number of carbonyl (C=O) groups is 2. The van der Waals surface area contributed by atoms with E-state index in [-0.39, 0.29) is 11.6 Å². The highest BCUT2D eigenvalue weighted by molar-refractivity contribution is 7.13. The molecular weight excluding hydrogens is 188 g/mol. The minimum atomic E-state index is -0.696. The zero-order chi connectivity index (χ0) is 10.0. The summed E-state index contributed by atoms with van der Waals surface area (Å²) >= 11 is 1.17. The second-order valence-corrected chi connectivity index (χ2v) is 3.77. The van der Waals surface area contributed by atoms with Gasteiger partial charge in [0.05, 0.1) is 4.88 Å². The fraction of sp³-hybridized carbons (Fsp3) is 0.375. The third kappa shape index (κ3) is 2.19. The van der Waals surface area contributed by atoms with E-state index in [0.29, 0.717) is 9.88 Å². The molecule has 1 heterocycles. The molecule has 0 aliphatic heterocycles. The van der Waals surface area contributed by atoms with Crippen LogP contribution in [0.15, 0.2) is 6.20 Å². The topological polar surface area (TPSA) is 73.1 Å². The number of nitrogens with zero attached hydrogens (tertiary/aromatic N) is 1. The largest absolute Gasteiger partial charge is 0.316 e. The standard InChI is InChI=1S/C8H10N2O2S/c1-4(11)6-3-10-8(13-6)7(9)5(2)12/h3,7H,9H2,1-2H3. The van der Waals surface area contributed by atoms with E-state index in [0.717, 1.165) is 0 Å². The zero-order valence-electron chi connectivity index (χ0n) is 7.40. The summed E-state index contributed by atoms with van der Waals surface area (Å²) < 4.78 is 0. The van der Waals surface area contributed by atoms with Crippen LogP contribution in [0, 0.1) is 0 Å². The summed E-state index contributed by atoms with van der Waals surface area (Å²) in [5.74, 6) is -0.205. The van der Waals surface area contributed by atoms with Crippen LogP contribution in [0.3, 0.4) is 0 Å². The van der Waals surface area contributed by atoms with Gasteiger partial charge in [-0.15, -0.1) is 11.3 Å². The Hall–Kier alpha value is -1.07. The molecule has 0 saturated carbocycles. The lowest BCUT2D eigenvalue weighted by atomic mass is 10.2. The maximum Gasteiger partial charge on any atom is 0.171 e. The first-order chi connectivity index (χ1) is 6.02. The van der Waals surface area contributed by atoms with Gasteiger partial charge in [0.15, 0.2) is 11.6 Å². The van der Waals surface area contributed by atoms with E-state index in [2.05, 4.69) is 4.98 Å². The third-order valence-corrected chi connectivity index (χ3v) is 2.76. The van der Waals surface area contributed by atoms with Gasteiger partial charge in [-0.3, -0.25) is 9.59 Å². The molecule has 4 nitrogen and oxygen atoms in total. The molecule has 2 N–H and O–H groups in total. The Balaban J connectivity index is 2.91. The van der Waals surface area contributed by atoms with Crippen LogP contribution in [0.1, 0.15) is 34.6 Å². The van der Waals surface area contributed by atoms with Crippen LogP contribution in [0.5, 0.6) is 0 Å². The lowest BCUT2D eigenvalue weighted by Crippen LogP contribution is -2.17. The van der Waals surface area contributed by atoms with Crippen LogP contribution in [-0.2, 0) is 4.79 Å². The van der Waals surface area contributed by atoms with Gasteiger partial charge in [-0.05, 0) is 6.92 Å². The molecule has 1 unspecified atom stereocenters. The smallest absolute Gasteiger partial charge is 0.171 e. The number of nitrogens with two attached hydrogens (primary N) is 1. The van der Waals surface area contributed by atoms with Crippen molar-refractivity contribution in [3.8, 4) is 0 Å². The number of carbonyl (C=O) groups excluding carboxylic acids is 2. The van der Waals surface area contributed by atoms with E-state index in [1.807, 2.05) is 0 Å². The number of thiazole rings is 1. The van der Waals surface area contributed by atoms with Gasteiger partial charge in [-0.2, -0.15) is 0 Å². The lowest BCUT2D eigenvalue weighted by molar-refractivity contribution is -0.118. The average Bonchev–Trinajstić information content (AvgIpc) is 2.50. The highest BCUT2D eigenvalue weighted by atomic mass is 32.1. The van der Waals surface area contributed by atoms with E-state index in [1.165, 1.54) is 31.4 Å². The molecule has 1 rings (SSSR count). The minimum Gasteiger partial charge on any atom is -0.316 e. The Morgan fingerprint density at radius 3 is 2.54 bits per heavy atom. The van der Waals surface area contributed by atoms with Crippen molar-refractivity contribution in [1.82, 2.24) is 4.98 Å². The van der Waals surface area contributed by atoms with Gasteiger partial charge in [0.25, 0.3) is 0 Å². The first-order valence-corrected chi connectivity index (χ1v) is 4.56. The number of aromatic nitrogens is 1. The lowest BCUT2D eigenvalue weighted by Gasteiger charge is -2.00. The van der Waals surface area contributed by atoms with Crippen LogP contribution in [0.2, 0.25) is 0 Å². The SMILES string of the molecule is CC(=O)c1cnc(C(N)C(C)=O)s1. The van der Waals surface area contributed by atoms with E-state index in [1.54, 1.807) is 0 Å². The third-order valence-electron chi connectivity index (χ3n) is 1.57. The summed E-state index contributed by atoms with van der Waals surface area (Å²) in [5, 5.41) is 0.498. The van der Waals surface area contributed by atoms with Gasteiger partial charge < -0.3 is 5.73 Å². The van der Waals surface area contributed by atoms with Crippen LogP contribution in [0.25, 0.3) is 0 Å². The molecular formula is C8H10N2O2S. The Kier molecular flexibility index (Phi) is 2.90. The maximum atomic E-state index is 10.9. The average molecular weight is 198 g/mol. The second-order valence-electron chi connectivity index (χ2n) is 2.71. The molecule has 70 valence electrons. The molecule has 13 heavy (non-hydrogen) atoms. The van der Waals surface area contributed by atoms with Gasteiger partial charge in [-0.1, -0.05) is 0 Å². The normalized spacial score (nSPS) is 12.5. The molecule has 0 radical (unpaired) electrons. The molecule has 5 heteroatoms. The first-order valence-electron chi connectivity index (χ1n) is 3.75. The molecule has 1 atom stereocenters. The Bertz CT molecular complexity index is 346. The molecule has 1 aromatic heterocycles. The quantitative estimate of drug-likeness (QED) is 0.733. The van der Waals surface area contributed by atoms with Gasteiger partial charge in [0.1, 0.15) is 11.0 Å². The molecule has 0 fully saturated rings. The highest BCUT2D eigenvalue weighted by Gasteiger charge is 2.16. The Labute approximate surface area is 79.8 Å². The van der Waals surface area contributed by atoms with Crippen LogP contribution >= 0.6 is 11.3 Å². The van der Waals surface area contributed by atoms with Crippen LogP contribution in [-0.4, -0.2) is 16.6 Å². The predicted octanol–water partition coefficient (Wildman–Crippen LogP) is 0.935. The molecule has 0 aliphatic carbocycles. The number of hydrogen-bond donors (Lipinski definition) is 1. The van der Waals surface area contributed by atoms with Crippen molar-refractivity contribution in [3.05, 3.63) is 16.1 Å². The predicted molar refractivity (Wildman–Crippen MR) is 49.7 cm³/mol. The number of ketones is 2. The minimum absolute atomic E-state index is 0.0560. The van der Waals surface area contributed by atoms with Gasteiger partial charge in [0.2, 0.25) is 0 Å². The second kappa shape index (κ2) is 3.76. The van der Waals surface area contributed by atoms with Crippen molar-refractivity contribution >= 4 is 22.9 Å². The fourth-order valence-electron chi connectivity index (χ4n) is 0.768. The maximum absolute atomic E-state index is 10.9. The van der Waals surface area contributed by atoms with Crippen molar-refractivity contribution in [2.75, 3.05) is 0 Å². The van der Waals surface area contributed by atoms with Crippen molar-refractivity contribution in [1.29, 1.82) is 0 Å². The number of Topliss-reactive ketones (excluding diaryl/α,β-unsaturated/α-hetero) is 2. The zero-order valence-corrected chi connectivity index (χ0v) is 8.22. The summed E-state index contributed by atoms with van der Waals surface area (Å²) in [6.07, 6.45) is 1.45. The van der Waals surface area contributed by atoms with Gasteiger partial charge in [-0.25, -0.2) is 4.98 Å². The molecule has 1 aromatic rings. The van der Waals surface area contributed by atoms with E-state index in [9.17, 15) is 9.59 Å². The summed E-state index contributed by atoms with van der Waals surface area (Å²) in [6, 6.07) is -0.696. The fourth-order valence-corrected chi connectivity index (χ4v) is 1.64. The molecule has 0 amide bonds. The highest BCUT2D eigenvalue weighted by Crippen LogP contribution is 2.19. The summed E-state index contributed by atoms with van der Waals surface area (Å²) in [5.41, 5.74) is 5.54. The number of hydrogen-bond acceptors (Lipinski definition) is 5. The summed E-state index contributed by atoms with van der Waals surface area (Å²) in [7, 11) is 0. The Morgan fingerprint density at radius 1 is 1.54 bits per heavy atom. The van der Waals surface area contributed by atoms with Crippen molar-refractivity contribution < 1.29 is 9.59 Å². The molecule has 0 aromatic carbocycles. The summed E-state index contributed by atoms with van der Waals surface area (Å²) in [6.45, 7) is 2.86. The Morgan fingerprint density at radius 2 is 2.15 bits per heavy atom. The van der Waals surface area contributed by atoms with Crippen LogP contribution < -0.4 is 5.73 Å². The molecule has 0 spiro atoms. The molecule has 0 aliphatic rings. The number of rotatable bonds is 3. The van der Waals surface area contributed by atoms with Gasteiger partial charge >= 0.3 is 0 Å². The van der Waals surface area contributed by atoms with E-state index < -0.39 is 6.04 Å². The van der Waals surface area contributed by atoms with E-state index >= 15 is 0 Å². The molecule has 0 saturated heterocycles. The van der Waals surface area contributed by atoms with Crippen molar-refractivity contribution in [2.24, 2.45) is 5.73 Å².